The topological polar surface area (TPSA) is 61.4 Å². The Morgan fingerprint density at radius 1 is 1.27 bits per heavy atom. The number of hydrogen-bond acceptors (Lipinski definition) is 3. The minimum Gasteiger partial charge on any atom is -0.323 e. The van der Waals surface area contributed by atoms with Crippen LogP contribution in [0.3, 0.4) is 0 Å². The smallest absolute Gasteiger partial charge is 0.323 e. The predicted octanol–water partition coefficient (Wildman–Crippen LogP) is -0.179. The van der Waals surface area contributed by atoms with Crippen molar-refractivity contribution in [2.75, 3.05) is 7.05 Å². The second-order valence-electron chi connectivity index (χ2n) is 4.92. The fourth-order valence-corrected chi connectivity index (χ4v) is 3.18. The number of piperidine rings is 1. The normalized spacial score (nSPS) is 43.9. The second kappa shape index (κ2) is 2.72. The molecule has 0 radical (unpaired) electrons. The van der Waals surface area contributed by atoms with Gasteiger partial charge in [-0.1, -0.05) is 0 Å². The number of amides is 3. The summed E-state index contributed by atoms with van der Waals surface area (Å²) in [5.41, 5.74) is -0.594. The first-order valence-corrected chi connectivity index (χ1v) is 5.47. The van der Waals surface area contributed by atoms with E-state index in [0.29, 0.717) is 12.1 Å². The molecule has 0 aromatic heterocycles. The van der Waals surface area contributed by atoms with Crippen LogP contribution in [0, 0.1) is 0 Å². The van der Waals surface area contributed by atoms with E-state index in [1.54, 1.807) is 7.05 Å². The molecule has 1 spiro atoms. The van der Waals surface area contributed by atoms with Gasteiger partial charge in [-0.2, -0.15) is 0 Å². The Morgan fingerprint density at radius 3 is 2.33 bits per heavy atom. The molecule has 82 valence electrons. The van der Waals surface area contributed by atoms with Crippen LogP contribution in [0.25, 0.3) is 0 Å². The van der Waals surface area contributed by atoms with Gasteiger partial charge in [-0.05, 0) is 25.7 Å². The first-order chi connectivity index (χ1) is 7.11. The summed E-state index contributed by atoms with van der Waals surface area (Å²) in [5.74, 6) is -0.0501. The van der Waals surface area contributed by atoms with Gasteiger partial charge in [0.2, 0.25) is 0 Å². The summed E-state index contributed by atoms with van der Waals surface area (Å²) in [4.78, 5) is 24.7. The van der Waals surface area contributed by atoms with Crippen molar-refractivity contribution in [2.45, 2.75) is 43.3 Å². The summed E-state index contributed by atoms with van der Waals surface area (Å²) < 4.78 is 0. The lowest BCUT2D eigenvalue weighted by Gasteiger charge is -2.35. The van der Waals surface area contributed by atoms with Crippen LogP contribution in [0.15, 0.2) is 0 Å². The van der Waals surface area contributed by atoms with E-state index < -0.39 is 5.54 Å². The maximum absolute atomic E-state index is 12.0. The fraction of sp³-hybridized carbons (Fsp3) is 0.800. The number of rotatable bonds is 0. The Balaban J connectivity index is 1.92. The third-order valence-electron chi connectivity index (χ3n) is 3.89. The lowest BCUT2D eigenvalue weighted by molar-refractivity contribution is -0.131. The molecule has 2 atom stereocenters. The molecule has 0 saturated carbocycles. The van der Waals surface area contributed by atoms with Gasteiger partial charge >= 0.3 is 6.03 Å². The Hall–Kier alpha value is -1.10. The Morgan fingerprint density at radius 2 is 1.87 bits per heavy atom. The molecular weight excluding hydrogens is 194 g/mol. The lowest BCUT2D eigenvalue weighted by Crippen LogP contribution is -2.57. The predicted molar refractivity (Wildman–Crippen MR) is 53.2 cm³/mol. The summed E-state index contributed by atoms with van der Waals surface area (Å²) in [6.45, 7) is 0. The number of imide groups is 1. The molecule has 0 aromatic carbocycles. The van der Waals surface area contributed by atoms with Crippen LogP contribution in [-0.4, -0.2) is 41.5 Å². The molecule has 2 N–H and O–H groups in total. The monoisotopic (exact) mass is 209 g/mol. The number of carbonyl (C=O) groups excluding carboxylic acids is 2. The van der Waals surface area contributed by atoms with Crippen LogP contribution in [-0.2, 0) is 4.79 Å². The van der Waals surface area contributed by atoms with Crippen LogP contribution >= 0.6 is 0 Å². The first kappa shape index (κ1) is 9.15. The SMILES string of the molecule is CN1C(=O)NC2(CC3CCC(C2)N3)C1=O. The highest BCUT2D eigenvalue weighted by Crippen LogP contribution is 2.37. The Bertz CT molecular complexity index is 330. The van der Waals surface area contributed by atoms with E-state index in [9.17, 15) is 9.59 Å². The largest absolute Gasteiger partial charge is 0.324 e. The van der Waals surface area contributed by atoms with Gasteiger partial charge in [0.1, 0.15) is 5.54 Å². The minimum atomic E-state index is -0.594. The van der Waals surface area contributed by atoms with Gasteiger partial charge < -0.3 is 10.6 Å². The number of nitrogens with one attached hydrogen (secondary N) is 2. The molecule has 5 heteroatoms. The van der Waals surface area contributed by atoms with Gasteiger partial charge in [0.15, 0.2) is 0 Å². The highest BCUT2D eigenvalue weighted by atomic mass is 16.2. The Labute approximate surface area is 88.2 Å². The molecule has 3 rings (SSSR count). The number of carbonyl (C=O) groups is 2. The molecule has 0 aromatic rings. The maximum Gasteiger partial charge on any atom is 0.324 e. The van der Waals surface area contributed by atoms with Crippen molar-refractivity contribution < 1.29 is 9.59 Å². The van der Waals surface area contributed by atoms with Crippen molar-refractivity contribution in [1.82, 2.24) is 15.5 Å². The molecule has 3 saturated heterocycles. The number of hydrogen-bond donors (Lipinski definition) is 2. The molecule has 5 nitrogen and oxygen atoms in total. The fourth-order valence-electron chi connectivity index (χ4n) is 3.18. The van der Waals surface area contributed by atoms with Crippen molar-refractivity contribution in [1.29, 1.82) is 0 Å². The van der Waals surface area contributed by atoms with Crippen LogP contribution < -0.4 is 10.6 Å². The highest BCUT2D eigenvalue weighted by molar-refractivity contribution is 6.06. The zero-order valence-electron chi connectivity index (χ0n) is 8.75. The average Bonchev–Trinajstić information content (AvgIpc) is 2.63. The molecule has 3 aliphatic rings. The van der Waals surface area contributed by atoms with E-state index in [2.05, 4.69) is 10.6 Å². The molecule has 2 unspecified atom stereocenters. The number of likely N-dealkylation sites (N-methyl/N-ethyl adjacent to an activating group) is 1. The second-order valence-corrected chi connectivity index (χ2v) is 4.92. The summed E-state index contributed by atoms with van der Waals surface area (Å²) >= 11 is 0. The molecule has 3 amide bonds. The van der Waals surface area contributed by atoms with Crippen molar-refractivity contribution >= 4 is 11.9 Å². The summed E-state index contributed by atoms with van der Waals surface area (Å²) in [7, 11) is 1.55. The van der Waals surface area contributed by atoms with E-state index in [1.807, 2.05) is 0 Å². The van der Waals surface area contributed by atoms with E-state index in [1.165, 1.54) is 4.90 Å². The van der Waals surface area contributed by atoms with Crippen molar-refractivity contribution in [3.63, 3.8) is 0 Å². The summed E-state index contributed by atoms with van der Waals surface area (Å²) in [6, 6.07) is 0.556. The average molecular weight is 209 g/mol. The quantitative estimate of drug-likeness (QED) is 0.544. The van der Waals surface area contributed by atoms with E-state index >= 15 is 0 Å². The van der Waals surface area contributed by atoms with E-state index in [0.717, 1.165) is 25.7 Å². The van der Waals surface area contributed by atoms with E-state index in [4.69, 9.17) is 0 Å². The molecule has 0 aliphatic carbocycles. The molecule has 15 heavy (non-hydrogen) atoms. The number of nitrogens with zero attached hydrogens (tertiary/aromatic N) is 1. The van der Waals surface area contributed by atoms with Crippen LogP contribution in [0.2, 0.25) is 0 Å². The first-order valence-electron chi connectivity index (χ1n) is 5.47. The molecular formula is C10H15N3O2. The number of fused-ring (bicyclic) bond motifs is 2. The van der Waals surface area contributed by atoms with Crippen molar-refractivity contribution in [3.05, 3.63) is 0 Å². The van der Waals surface area contributed by atoms with Crippen LogP contribution in [0.1, 0.15) is 25.7 Å². The van der Waals surface area contributed by atoms with Crippen molar-refractivity contribution in [2.24, 2.45) is 0 Å². The maximum atomic E-state index is 12.0. The van der Waals surface area contributed by atoms with Gasteiger partial charge in [-0.15, -0.1) is 0 Å². The van der Waals surface area contributed by atoms with Crippen LogP contribution in [0.4, 0.5) is 4.79 Å². The Kier molecular flexibility index (Phi) is 1.66. The molecule has 2 bridgehead atoms. The third kappa shape index (κ3) is 1.13. The van der Waals surface area contributed by atoms with E-state index in [-0.39, 0.29) is 11.9 Å². The van der Waals surface area contributed by atoms with Crippen LogP contribution in [0.5, 0.6) is 0 Å². The molecule has 3 fully saturated rings. The van der Waals surface area contributed by atoms with Gasteiger partial charge in [0.05, 0.1) is 0 Å². The van der Waals surface area contributed by atoms with Gasteiger partial charge in [0.25, 0.3) is 5.91 Å². The van der Waals surface area contributed by atoms with Crippen molar-refractivity contribution in [3.8, 4) is 0 Å². The zero-order valence-corrected chi connectivity index (χ0v) is 8.75. The zero-order chi connectivity index (χ0) is 10.6. The van der Waals surface area contributed by atoms with Gasteiger partial charge in [0, 0.05) is 19.1 Å². The molecule has 3 heterocycles. The third-order valence-corrected chi connectivity index (χ3v) is 3.89. The lowest BCUT2D eigenvalue weighted by atomic mass is 9.84. The highest BCUT2D eigenvalue weighted by Gasteiger charge is 2.55. The summed E-state index contributed by atoms with van der Waals surface area (Å²) in [6.07, 6.45) is 3.75. The molecule has 3 aliphatic heterocycles. The summed E-state index contributed by atoms with van der Waals surface area (Å²) in [5, 5.41) is 6.34. The van der Waals surface area contributed by atoms with Gasteiger partial charge in [-0.25, -0.2) is 4.79 Å². The standard InChI is InChI=1S/C10H15N3O2/c1-13-8(14)10(12-9(13)15)4-6-2-3-7(5-10)11-6/h6-7,11H,2-5H2,1H3,(H,12,15). The minimum absolute atomic E-state index is 0.0501. The van der Waals surface area contributed by atoms with Gasteiger partial charge in [-0.3, -0.25) is 9.69 Å². The number of urea groups is 1.